The third kappa shape index (κ3) is 3.77. The van der Waals surface area contributed by atoms with Gasteiger partial charge in [0.15, 0.2) is 0 Å². The van der Waals surface area contributed by atoms with Crippen LogP contribution in [-0.2, 0) is 13.1 Å². The first-order valence-electron chi connectivity index (χ1n) is 8.98. The summed E-state index contributed by atoms with van der Waals surface area (Å²) in [6, 6.07) is 8.39. The average molecular weight is 333 g/mol. The van der Waals surface area contributed by atoms with Gasteiger partial charge in [-0.2, -0.15) is 0 Å². The number of hydrogen-bond acceptors (Lipinski definition) is 5. The van der Waals surface area contributed by atoms with E-state index in [0.29, 0.717) is 0 Å². The first-order chi connectivity index (χ1) is 12.4. The molecule has 0 radical (unpaired) electrons. The second kappa shape index (κ2) is 7.57. The van der Waals surface area contributed by atoms with Gasteiger partial charge < -0.3 is 10.2 Å². The Morgan fingerprint density at radius 1 is 0.880 bits per heavy atom. The lowest BCUT2D eigenvalue weighted by atomic mass is 10.1. The van der Waals surface area contributed by atoms with E-state index in [0.717, 1.165) is 37.2 Å². The Balaban J connectivity index is 1.42. The topological polar surface area (TPSA) is 53.9 Å². The number of nitrogens with zero attached hydrogens (tertiary/aromatic N) is 4. The van der Waals surface area contributed by atoms with Crippen LogP contribution >= 0.6 is 0 Å². The predicted molar refractivity (Wildman–Crippen MR) is 100 cm³/mol. The highest BCUT2D eigenvalue weighted by Crippen LogP contribution is 2.23. The summed E-state index contributed by atoms with van der Waals surface area (Å²) in [4.78, 5) is 15.5. The molecule has 3 aromatic rings. The van der Waals surface area contributed by atoms with Crippen molar-refractivity contribution in [3.63, 3.8) is 0 Å². The molecule has 2 aromatic heterocycles. The smallest absolute Gasteiger partial charge is 0.0890 e. The van der Waals surface area contributed by atoms with Gasteiger partial charge in [-0.3, -0.25) is 15.0 Å². The molecule has 0 amide bonds. The van der Waals surface area contributed by atoms with Crippen molar-refractivity contribution in [3.8, 4) is 0 Å². The predicted octanol–water partition coefficient (Wildman–Crippen LogP) is 3.30. The van der Waals surface area contributed by atoms with Crippen molar-refractivity contribution < 1.29 is 0 Å². The summed E-state index contributed by atoms with van der Waals surface area (Å²) in [6.07, 6.45) is 11.3. The number of hydrogen-bond donors (Lipinski definition) is 1. The maximum absolute atomic E-state index is 4.38. The third-order valence-corrected chi connectivity index (χ3v) is 4.75. The molecule has 128 valence electrons. The van der Waals surface area contributed by atoms with Gasteiger partial charge in [-0.15, -0.1) is 0 Å². The summed E-state index contributed by atoms with van der Waals surface area (Å²) in [7, 11) is 0. The molecule has 0 aliphatic carbocycles. The van der Waals surface area contributed by atoms with Crippen molar-refractivity contribution in [2.75, 3.05) is 18.0 Å². The maximum Gasteiger partial charge on any atom is 0.0890 e. The molecule has 1 aliphatic heterocycles. The summed E-state index contributed by atoms with van der Waals surface area (Å²) in [5.41, 5.74) is 5.69. The molecule has 3 heterocycles. The summed E-state index contributed by atoms with van der Waals surface area (Å²) >= 11 is 0. The number of nitrogens with one attached hydrogen (secondary N) is 1. The van der Waals surface area contributed by atoms with Crippen molar-refractivity contribution >= 4 is 16.7 Å². The summed E-state index contributed by atoms with van der Waals surface area (Å²) in [5.74, 6) is 0. The lowest BCUT2D eigenvalue weighted by Gasteiger charge is -2.30. The minimum atomic E-state index is 0.806. The molecule has 4 rings (SSSR count). The molecule has 0 saturated carbocycles. The number of aromatic nitrogens is 3. The van der Waals surface area contributed by atoms with Gasteiger partial charge in [0, 0.05) is 62.2 Å². The number of rotatable bonds is 5. The Morgan fingerprint density at radius 2 is 1.72 bits per heavy atom. The molecule has 1 fully saturated rings. The van der Waals surface area contributed by atoms with E-state index < -0.39 is 0 Å². The first kappa shape index (κ1) is 16.0. The molecular formula is C20H23N5. The maximum atomic E-state index is 4.38. The fourth-order valence-electron chi connectivity index (χ4n) is 3.46. The van der Waals surface area contributed by atoms with Crippen molar-refractivity contribution in [3.05, 3.63) is 60.2 Å². The zero-order valence-corrected chi connectivity index (χ0v) is 14.4. The van der Waals surface area contributed by atoms with E-state index in [9.17, 15) is 0 Å². The van der Waals surface area contributed by atoms with E-state index in [1.807, 2.05) is 18.5 Å². The molecule has 25 heavy (non-hydrogen) atoms. The minimum absolute atomic E-state index is 0.806. The van der Waals surface area contributed by atoms with Crippen LogP contribution in [0.15, 0.2) is 49.1 Å². The van der Waals surface area contributed by atoms with Crippen LogP contribution in [0.25, 0.3) is 11.0 Å². The molecule has 1 aliphatic rings. The molecule has 5 nitrogen and oxygen atoms in total. The zero-order chi connectivity index (χ0) is 16.9. The standard InChI is InChI=1S/C20H23N5/c1-2-10-25(11-3-1)20-6-7-21-14-17(20)15-22-13-16-4-5-18-19(12-16)24-9-8-23-18/h4-9,12,14,22H,1-3,10-11,13,15H2. The van der Waals surface area contributed by atoms with Crippen LogP contribution in [0.3, 0.4) is 0 Å². The largest absolute Gasteiger partial charge is 0.371 e. The Kier molecular flexibility index (Phi) is 4.84. The molecule has 1 N–H and O–H groups in total. The van der Waals surface area contributed by atoms with E-state index >= 15 is 0 Å². The number of benzene rings is 1. The summed E-state index contributed by atoms with van der Waals surface area (Å²) < 4.78 is 0. The second-order valence-corrected chi connectivity index (χ2v) is 6.54. The highest BCUT2D eigenvalue weighted by atomic mass is 15.1. The zero-order valence-electron chi connectivity index (χ0n) is 14.4. The fraction of sp³-hybridized carbons (Fsp3) is 0.350. The second-order valence-electron chi connectivity index (χ2n) is 6.54. The SMILES string of the molecule is c1cc(N2CCCCC2)c(CNCc2ccc3nccnc3c2)cn1. The molecule has 1 saturated heterocycles. The molecule has 0 atom stereocenters. The van der Waals surface area contributed by atoms with Gasteiger partial charge in [0.25, 0.3) is 0 Å². The van der Waals surface area contributed by atoms with E-state index in [2.05, 4.69) is 43.4 Å². The van der Waals surface area contributed by atoms with E-state index in [4.69, 9.17) is 0 Å². The number of fused-ring (bicyclic) bond motifs is 1. The lowest BCUT2D eigenvalue weighted by Crippen LogP contribution is -2.30. The normalized spacial score (nSPS) is 14.8. The van der Waals surface area contributed by atoms with Gasteiger partial charge in [0.2, 0.25) is 0 Å². The average Bonchev–Trinajstić information content (AvgIpc) is 2.69. The van der Waals surface area contributed by atoms with Gasteiger partial charge >= 0.3 is 0 Å². The quantitative estimate of drug-likeness (QED) is 0.776. The molecular weight excluding hydrogens is 310 g/mol. The van der Waals surface area contributed by atoms with Crippen molar-refractivity contribution in [1.29, 1.82) is 0 Å². The molecule has 0 unspecified atom stereocenters. The molecule has 0 spiro atoms. The van der Waals surface area contributed by atoms with Crippen LogP contribution in [0.1, 0.15) is 30.4 Å². The first-order valence-corrected chi connectivity index (χ1v) is 8.98. The van der Waals surface area contributed by atoms with Crippen LogP contribution < -0.4 is 10.2 Å². The Hall–Kier alpha value is -2.53. The van der Waals surface area contributed by atoms with Crippen molar-refractivity contribution in [2.24, 2.45) is 0 Å². The van der Waals surface area contributed by atoms with E-state index in [1.54, 1.807) is 12.4 Å². The van der Waals surface area contributed by atoms with E-state index in [1.165, 1.54) is 36.1 Å². The van der Waals surface area contributed by atoms with Crippen LogP contribution in [0, 0.1) is 0 Å². The Morgan fingerprint density at radius 3 is 2.60 bits per heavy atom. The van der Waals surface area contributed by atoms with Gasteiger partial charge in [-0.05, 0) is 43.0 Å². The molecule has 0 bridgehead atoms. The van der Waals surface area contributed by atoms with Crippen LogP contribution in [0.4, 0.5) is 5.69 Å². The highest BCUT2D eigenvalue weighted by molar-refractivity contribution is 5.74. The Bertz CT molecular complexity index is 842. The number of pyridine rings is 1. The van der Waals surface area contributed by atoms with E-state index in [-0.39, 0.29) is 0 Å². The van der Waals surface area contributed by atoms with Crippen LogP contribution in [0.5, 0.6) is 0 Å². The third-order valence-electron chi connectivity index (χ3n) is 4.75. The monoisotopic (exact) mass is 333 g/mol. The number of piperidine rings is 1. The van der Waals surface area contributed by atoms with Crippen LogP contribution in [0.2, 0.25) is 0 Å². The summed E-state index contributed by atoms with van der Waals surface area (Å²) in [5, 5.41) is 3.55. The van der Waals surface area contributed by atoms with Gasteiger partial charge in [-0.1, -0.05) is 6.07 Å². The van der Waals surface area contributed by atoms with Gasteiger partial charge in [-0.25, -0.2) is 0 Å². The summed E-state index contributed by atoms with van der Waals surface area (Å²) in [6.45, 7) is 3.93. The van der Waals surface area contributed by atoms with Crippen LogP contribution in [-0.4, -0.2) is 28.0 Å². The Labute approximate surface area is 148 Å². The van der Waals surface area contributed by atoms with Crippen molar-refractivity contribution in [2.45, 2.75) is 32.4 Å². The van der Waals surface area contributed by atoms with Gasteiger partial charge in [0.1, 0.15) is 0 Å². The van der Waals surface area contributed by atoms with Gasteiger partial charge in [0.05, 0.1) is 11.0 Å². The fourth-order valence-corrected chi connectivity index (χ4v) is 3.46. The van der Waals surface area contributed by atoms with Crippen molar-refractivity contribution in [1.82, 2.24) is 20.3 Å². The number of anilines is 1. The molecule has 5 heteroatoms. The lowest BCUT2D eigenvalue weighted by molar-refractivity contribution is 0.574. The minimum Gasteiger partial charge on any atom is -0.371 e. The highest BCUT2D eigenvalue weighted by Gasteiger charge is 2.14. The molecule has 1 aromatic carbocycles.